The molecule has 4 rings (SSSR count). The normalized spacial score (nSPS) is 36.6. The molecular formula is C15H6Cl6N2O4. The molecule has 0 radical (unpaired) electrons. The van der Waals surface area contributed by atoms with Gasteiger partial charge in [-0.05, 0) is 6.07 Å². The number of hydrogen-bond acceptors (Lipinski definition) is 4. The zero-order valence-electron chi connectivity index (χ0n) is 12.8. The second-order valence-electron chi connectivity index (χ2n) is 6.37. The molecule has 0 aromatic heterocycles. The summed E-state index contributed by atoms with van der Waals surface area (Å²) >= 11 is 38.3. The second kappa shape index (κ2) is 5.65. The Bertz CT molecular complexity index is 935. The summed E-state index contributed by atoms with van der Waals surface area (Å²) in [5, 5.41) is 10.6. The van der Waals surface area contributed by atoms with Crippen LogP contribution in [-0.4, -0.2) is 30.8 Å². The van der Waals surface area contributed by atoms with Gasteiger partial charge < -0.3 is 0 Å². The van der Waals surface area contributed by atoms with Crippen LogP contribution in [0.4, 0.5) is 11.4 Å². The lowest BCUT2D eigenvalue weighted by Gasteiger charge is -2.34. The number of amides is 2. The van der Waals surface area contributed by atoms with Crippen molar-refractivity contribution in [3.8, 4) is 0 Å². The highest BCUT2D eigenvalue weighted by atomic mass is 35.5. The number of nitro benzene ring substituents is 1. The van der Waals surface area contributed by atoms with E-state index in [1.807, 2.05) is 0 Å². The summed E-state index contributed by atoms with van der Waals surface area (Å²) in [4.78, 5) is 33.5. The van der Waals surface area contributed by atoms with Gasteiger partial charge in [0.05, 0.1) is 32.5 Å². The summed E-state index contributed by atoms with van der Waals surface area (Å²) in [5.41, 5.74) is -0.303. The maximum Gasteiger partial charge on any atom is 0.271 e. The molecule has 2 bridgehead atoms. The fourth-order valence-corrected chi connectivity index (χ4v) is 6.92. The molecule has 0 N–H and O–H groups in total. The van der Waals surface area contributed by atoms with Gasteiger partial charge in [-0.3, -0.25) is 19.7 Å². The number of carbonyl (C=O) groups is 2. The van der Waals surface area contributed by atoms with E-state index in [1.165, 1.54) is 18.2 Å². The summed E-state index contributed by atoms with van der Waals surface area (Å²) in [7, 11) is 0. The molecule has 142 valence electrons. The average Bonchev–Trinajstić information content (AvgIpc) is 2.99. The van der Waals surface area contributed by atoms with Gasteiger partial charge in [-0.2, -0.15) is 0 Å². The molecule has 2 aliphatic carbocycles. The maximum atomic E-state index is 13.1. The number of hydrogen-bond donors (Lipinski definition) is 0. The number of nitrogens with zero attached hydrogens (tertiary/aromatic N) is 2. The summed E-state index contributed by atoms with van der Waals surface area (Å²) in [6.07, 6.45) is 0. The molecule has 0 spiro atoms. The molecule has 12 heteroatoms. The molecule has 1 saturated heterocycles. The number of alkyl halides is 4. The third-order valence-corrected chi connectivity index (χ3v) is 9.47. The number of imide groups is 1. The van der Waals surface area contributed by atoms with Crippen LogP contribution in [0.5, 0.6) is 0 Å². The highest BCUT2D eigenvalue weighted by Gasteiger charge is 2.87. The van der Waals surface area contributed by atoms with Crippen molar-refractivity contribution in [1.82, 2.24) is 0 Å². The van der Waals surface area contributed by atoms with Crippen LogP contribution in [0.1, 0.15) is 0 Å². The van der Waals surface area contributed by atoms with Gasteiger partial charge in [0.2, 0.25) is 11.8 Å². The third kappa shape index (κ3) is 1.97. The van der Waals surface area contributed by atoms with Crippen molar-refractivity contribution in [1.29, 1.82) is 0 Å². The van der Waals surface area contributed by atoms with Crippen molar-refractivity contribution in [3.63, 3.8) is 0 Å². The van der Waals surface area contributed by atoms with E-state index in [2.05, 4.69) is 0 Å². The zero-order valence-corrected chi connectivity index (χ0v) is 17.3. The topological polar surface area (TPSA) is 80.5 Å². The fraction of sp³-hybridized carbons (Fsp3) is 0.333. The lowest BCUT2D eigenvalue weighted by atomic mass is 9.84. The molecule has 4 atom stereocenters. The van der Waals surface area contributed by atoms with Crippen molar-refractivity contribution in [2.45, 2.75) is 14.1 Å². The Kier molecular flexibility index (Phi) is 4.09. The molecule has 1 heterocycles. The molecule has 2 fully saturated rings. The average molecular weight is 491 g/mol. The minimum Gasteiger partial charge on any atom is -0.274 e. The molecule has 3 aliphatic rings. The zero-order chi connectivity index (χ0) is 20.1. The number of carbonyl (C=O) groups excluding carboxylic acids is 2. The van der Waals surface area contributed by atoms with Crippen LogP contribution in [-0.2, 0) is 9.59 Å². The molecule has 1 saturated carbocycles. The lowest BCUT2D eigenvalue weighted by Crippen LogP contribution is -2.50. The number of anilines is 1. The van der Waals surface area contributed by atoms with Gasteiger partial charge in [-0.25, -0.2) is 4.90 Å². The van der Waals surface area contributed by atoms with Gasteiger partial charge in [-0.1, -0.05) is 52.5 Å². The van der Waals surface area contributed by atoms with Gasteiger partial charge in [0.15, 0.2) is 4.33 Å². The quantitative estimate of drug-likeness (QED) is 0.264. The first-order valence-corrected chi connectivity index (χ1v) is 9.63. The Morgan fingerprint density at radius 3 is 1.89 bits per heavy atom. The highest BCUT2D eigenvalue weighted by Crippen LogP contribution is 2.77. The number of allylic oxidation sites excluding steroid dienone is 2. The van der Waals surface area contributed by atoms with Crippen molar-refractivity contribution in [2.24, 2.45) is 11.8 Å². The molecular weight excluding hydrogens is 485 g/mol. The largest absolute Gasteiger partial charge is 0.274 e. The molecule has 1 aromatic carbocycles. The number of benzene rings is 1. The first-order chi connectivity index (χ1) is 12.4. The van der Waals surface area contributed by atoms with Crippen LogP contribution in [0.25, 0.3) is 0 Å². The summed E-state index contributed by atoms with van der Waals surface area (Å²) < 4.78 is -2.02. The van der Waals surface area contributed by atoms with Crippen molar-refractivity contribution in [3.05, 3.63) is 44.4 Å². The van der Waals surface area contributed by atoms with E-state index in [4.69, 9.17) is 69.6 Å². The van der Waals surface area contributed by atoms with E-state index in [0.717, 1.165) is 11.0 Å². The third-order valence-electron chi connectivity index (χ3n) is 5.21. The van der Waals surface area contributed by atoms with E-state index in [9.17, 15) is 19.7 Å². The predicted octanol–water partition coefficient (Wildman–Crippen LogP) is 4.55. The van der Waals surface area contributed by atoms with E-state index >= 15 is 0 Å². The minimum absolute atomic E-state index is 0.00415. The van der Waals surface area contributed by atoms with Crippen molar-refractivity contribution in [2.75, 3.05) is 4.90 Å². The number of nitro groups is 1. The van der Waals surface area contributed by atoms with Gasteiger partial charge in [0, 0.05) is 12.1 Å². The van der Waals surface area contributed by atoms with Gasteiger partial charge in [-0.15, -0.1) is 23.2 Å². The standard InChI is InChI=1S/C15H6Cl6N2O4/c16-9-10(17)14(19)8-7(13(9,18)15(14,20)21)11(24)22(12(8)25)5-2-1-3-6(4-5)23(26)27/h1-4,7-8H/t7-,8-,13+,14+/m0/s1. The Balaban J connectivity index is 1.89. The minimum atomic E-state index is -2.02. The van der Waals surface area contributed by atoms with Gasteiger partial charge in [0.25, 0.3) is 5.69 Å². The lowest BCUT2D eigenvalue weighted by molar-refractivity contribution is -0.384. The SMILES string of the molecule is O=C1[C@@H]2[C@@H](C(=O)N1c1cccc([N+](=O)[O-])c1)[C@@]1(Cl)C(Cl)=C(Cl)[C@@]2(Cl)C1(Cl)Cl. The summed E-state index contributed by atoms with van der Waals surface area (Å²) in [6.45, 7) is 0. The van der Waals surface area contributed by atoms with Crippen LogP contribution in [0, 0.1) is 22.0 Å². The van der Waals surface area contributed by atoms with Crippen LogP contribution >= 0.6 is 69.6 Å². The Hall–Kier alpha value is -0.760. The Labute approximate surface area is 182 Å². The Morgan fingerprint density at radius 2 is 1.44 bits per heavy atom. The first-order valence-electron chi connectivity index (χ1n) is 7.36. The van der Waals surface area contributed by atoms with E-state index in [0.29, 0.717) is 0 Å². The van der Waals surface area contributed by atoms with Gasteiger partial charge >= 0.3 is 0 Å². The first kappa shape index (κ1) is 19.6. The molecule has 1 aromatic rings. The van der Waals surface area contributed by atoms with Crippen LogP contribution in [0.15, 0.2) is 34.3 Å². The Morgan fingerprint density at radius 1 is 0.963 bits per heavy atom. The monoisotopic (exact) mass is 488 g/mol. The van der Waals surface area contributed by atoms with Crippen LogP contribution in [0.3, 0.4) is 0 Å². The predicted molar refractivity (Wildman–Crippen MR) is 103 cm³/mol. The summed E-state index contributed by atoms with van der Waals surface area (Å²) in [6, 6.07) is 5.03. The number of fused-ring (bicyclic) bond motifs is 5. The summed E-state index contributed by atoms with van der Waals surface area (Å²) in [5.74, 6) is -4.10. The fourth-order valence-electron chi connectivity index (χ4n) is 4.00. The smallest absolute Gasteiger partial charge is 0.271 e. The van der Waals surface area contributed by atoms with Gasteiger partial charge in [0.1, 0.15) is 9.75 Å². The van der Waals surface area contributed by atoms with Crippen LogP contribution in [0.2, 0.25) is 0 Å². The molecule has 27 heavy (non-hydrogen) atoms. The van der Waals surface area contributed by atoms with E-state index in [1.54, 1.807) is 0 Å². The van der Waals surface area contributed by atoms with E-state index < -0.39 is 42.7 Å². The van der Waals surface area contributed by atoms with Crippen LogP contribution < -0.4 is 4.90 Å². The molecule has 2 amide bonds. The molecule has 0 unspecified atom stereocenters. The highest BCUT2D eigenvalue weighted by molar-refractivity contribution is 6.67. The number of halogens is 6. The second-order valence-corrected chi connectivity index (χ2v) is 9.65. The molecule has 6 nitrogen and oxygen atoms in total. The number of non-ortho nitro benzene ring substituents is 1. The van der Waals surface area contributed by atoms with Crippen molar-refractivity contribution < 1.29 is 14.5 Å². The molecule has 1 aliphatic heterocycles. The number of rotatable bonds is 2. The van der Waals surface area contributed by atoms with Crippen molar-refractivity contribution >= 4 is 92.8 Å². The maximum absolute atomic E-state index is 13.1. The van der Waals surface area contributed by atoms with E-state index in [-0.39, 0.29) is 21.4 Å².